The van der Waals surface area contributed by atoms with Crippen LogP contribution in [0.1, 0.15) is 42.7 Å². The van der Waals surface area contributed by atoms with Crippen molar-refractivity contribution in [1.29, 1.82) is 0 Å². The van der Waals surface area contributed by atoms with Gasteiger partial charge in [0, 0.05) is 6.61 Å². The lowest BCUT2D eigenvalue weighted by molar-refractivity contribution is 0.0941. The standard InChI is InChI=1S/C21H28N2O4S/c1-4-27-14-16(2)15-28(25,26)23-20-13-9-8-12-19(20)21(24)22-17(3)18-10-6-5-7-11-18/h5-13,16-17,23H,4,14-15H2,1-3H3,(H,22,24)/t16-,17+/m1/s1. The van der Waals surface area contributed by atoms with Crippen LogP contribution in [0.4, 0.5) is 5.69 Å². The molecule has 0 spiro atoms. The van der Waals surface area contributed by atoms with Crippen LogP contribution in [-0.4, -0.2) is 33.3 Å². The summed E-state index contributed by atoms with van der Waals surface area (Å²) in [7, 11) is -3.61. The smallest absolute Gasteiger partial charge is 0.253 e. The summed E-state index contributed by atoms with van der Waals surface area (Å²) in [5, 5.41) is 2.91. The van der Waals surface area contributed by atoms with Gasteiger partial charge >= 0.3 is 0 Å². The summed E-state index contributed by atoms with van der Waals surface area (Å²) >= 11 is 0. The van der Waals surface area contributed by atoms with E-state index in [0.717, 1.165) is 5.56 Å². The van der Waals surface area contributed by atoms with Crippen LogP contribution in [0.3, 0.4) is 0 Å². The van der Waals surface area contributed by atoms with E-state index in [1.807, 2.05) is 51.1 Å². The van der Waals surface area contributed by atoms with Gasteiger partial charge in [-0.25, -0.2) is 8.42 Å². The number of hydrogen-bond donors (Lipinski definition) is 2. The number of anilines is 1. The Hall–Kier alpha value is -2.38. The Morgan fingerprint density at radius 1 is 1.04 bits per heavy atom. The Labute approximate surface area is 167 Å². The molecule has 0 fully saturated rings. The molecule has 28 heavy (non-hydrogen) atoms. The monoisotopic (exact) mass is 404 g/mol. The third kappa shape index (κ3) is 6.65. The van der Waals surface area contributed by atoms with Gasteiger partial charge < -0.3 is 10.1 Å². The molecule has 0 aromatic heterocycles. The number of ether oxygens (including phenoxy) is 1. The molecule has 0 aliphatic rings. The number of benzene rings is 2. The molecular formula is C21H28N2O4S. The van der Waals surface area contributed by atoms with Crippen molar-refractivity contribution in [3.63, 3.8) is 0 Å². The highest BCUT2D eigenvalue weighted by Crippen LogP contribution is 2.19. The third-order valence-corrected chi connectivity index (χ3v) is 5.73. The van der Waals surface area contributed by atoms with Crippen molar-refractivity contribution in [3.05, 3.63) is 65.7 Å². The number of carbonyl (C=O) groups is 1. The van der Waals surface area contributed by atoms with E-state index >= 15 is 0 Å². The highest BCUT2D eigenvalue weighted by molar-refractivity contribution is 7.92. The molecule has 2 atom stereocenters. The van der Waals surface area contributed by atoms with Crippen LogP contribution < -0.4 is 10.0 Å². The minimum atomic E-state index is -3.61. The average molecular weight is 405 g/mol. The first-order chi connectivity index (χ1) is 13.3. The molecule has 1 amide bonds. The number of amides is 1. The van der Waals surface area contributed by atoms with Crippen molar-refractivity contribution in [2.24, 2.45) is 5.92 Å². The fourth-order valence-electron chi connectivity index (χ4n) is 2.82. The molecule has 2 N–H and O–H groups in total. The Morgan fingerprint density at radius 3 is 2.36 bits per heavy atom. The molecule has 0 radical (unpaired) electrons. The second kappa shape index (κ2) is 10.2. The lowest BCUT2D eigenvalue weighted by Gasteiger charge is -2.18. The van der Waals surface area contributed by atoms with Crippen LogP contribution in [0.5, 0.6) is 0 Å². The van der Waals surface area contributed by atoms with E-state index < -0.39 is 10.0 Å². The first kappa shape index (κ1) is 21.9. The largest absolute Gasteiger partial charge is 0.381 e. The molecular weight excluding hydrogens is 376 g/mol. The third-order valence-electron chi connectivity index (χ3n) is 4.19. The molecule has 152 valence electrons. The van der Waals surface area contributed by atoms with Crippen LogP contribution in [-0.2, 0) is 14.8 Å². The Balaban J connectivity index is 2.10. The van der Waals surface area contributed by atoms with Crippen molar-refractivity contribution in [2.75, 3.05) is 23.7 Å². The summed E-state index contributed by atoms with van der Waals surface area (Å²) in [6.07, 6.45) is 0. The normalized spacial score (nSPS) is 13.5. The summed E-state index contributed by atoms with van der Waals surface area (Å²) < 4.78 is 32.8. The molecule has 0 bridgehead atoms. The minimum absolute atomic E-state index is 0.0800. The van der Waals surface area contributed by atoms with E-state index in [1.54, 1.807) is 24.3 Å². The van der Waals surface area contributed by atoms with Gasteiger partial charge in [-0.3, -0.25) is 9.52 Å². The van der Waals surface area contributed by atoms with E-state index in [9.17, 15) is 13.2 Å². The van der Waals surface area contributed by atoms with Crippen LogP contribution >= 0.6 is 0 Å². The molecule has 2 rings (SSSR count). The van der Waals surface area contributed by atoms with Crippen molar-refractivity contribution < 1.29 is 17.9 Å². The molecule has 0 saturated heterocycles. The first-order valence-corrected chi connectivity index (χ1v) is 11.0. The zero-order valence-electron chi connectivity index (χ0n) is 16.5. The Kier molecular flexibility index (Phi) is 8.02. The van der Waals surface area contributed by atoms with E-state index in [4.69, 9.17) is 4.74 Å². The molecule has 0 unspecified atom stereocenters. The van der Waals surface area contributed by atoms with E-state index in [-0.39, 0.29) is 34.9 Å². The van der Waals surface area contributed by atoms with Crippen molar-refractivity contribution in [2.45, 2.75) is 26.8 Å². The fraction of sp³-hybridized carbons (Fsp3) is 0.381. The van der Waals surface area contributed by atoms with Gasteiger partial charge in [-0.05, 0) is 37.5 Å². The van der Waals surface area contributed by atoms with Gasteiger partial charge in [0.05, 0.1) is 29.7 Å². The van der Waals surface area contributed by atoms with E-state index in [1.165, 1.54) is 0 Å². The predicted octanol–water partition coefficient (Wildman–Crippen LogP) is 3.59. The van der Waals surface area contributed by atoms with Gasteiger partial charge in [0.25, 0.3) is 5.91 Å². The van der Waals surface area contributed by atoms with Crippen LogP contribution in [0.25, 0.3) is 0 Å². The molecule has 0 aliphatic heterocycles. The van der Waals surface area contributed by atoms with Gasteiger partial charge in [-0.15, -0.1) is 0 Å². The van der Waals surface area contributed by atoms with Crippen molar-refractivity contribution in [3.8, 4) is 0 Å². The molecule has 0 saturated carbocycles. The quantitative estimate of drug-likeness (QED) is 0.634. The first-order valence-electron chi connectivity index (χ1n) is 9.35. The highest BCUT2D eigenvalue weighted by Gasteiger charge is 2.20. The topological polar surface area (TPSA) is 84.5 Å². The maximum atomic E-state index is 12.7. The van der Waals surface area contributed by atoms with Gasteiger partial charge in [0.1, 0.15) is 0 Å². The molecule has 7 heteroatoms. The Bertz CT molecular complexity index is 869. The molecule has 2 aromatic carbocycles. The van der Waals surface area contributed by atoms with E-state index in [0.29, 0.717) is 13.2 Å². The summed E-state index contributed by atoms with van der Waals surface area (Å²) in [5.41, 5.74) is 1.52. The summed E-state index contributed by atoms with van der Waals surface area (Å²) in [4.78, 5) is 12.7. The van der Waals surface area contributed by atoms with E-state index in [2.05, 4.69) is 10.0 Å². The SMILES string of the molecule is CCOC[C@@H](C)CS(=O)(=O)Nc1ccccc1C(=O)N[C@@H](C)c1ccccc1. The Morgan fingerprint density at radius 2 is 1.68 bits per heavy atom. The number of para-hydroxylation sites is 1. The van der Waals surface area contributed by atoms with Gasteiger partial charge in [-0.2, -0.15) is 0 Å². The highest BCUT2D eigenvalue weighted by atomic mass is 32.2. The summed E-state index contributed by atoms with van der Waals surface area (Å²) in [6, 6.07) is 16.0. The molecule has 0 heterocycles. The second-order valence-electron chi connectivity index (χ2n) is 6.80. The average Bonchev–Trinajstić information content (AvgIpc) is 2.66. The maximum absolute atomic E-state index is 12.7. The second-order valence-corrected chi connectivity index (χ2v) is 8.57. The van der Waals surface area contributed by atoms with Gasteiger partial charge in [0.15, 0.2) is 0 Å². The van der Waals surface area contributed by atoms with Gasteiger partial charge in [-0.1, -0.05) is 49.4 Å². The number of nitrogens with one attached hydrogen (secondary N) is 2. The predicted molar refractivity (Wildman–Crippen MR) is 112 cm³/mol. The van der Waals surface area contributed by atoms with Crippen molar-refractivity contribution in [1.82, 2.24) is 5.32 Å². The zero-order chi connectivity index (χ0) is 20.6. The number of sulfonamides is 1. The van der Waals surface area contributed by atoms with Gasteiger partial charge in [0.2, 0.25) is 10.0 Å². The number of hydrogen-bond acceptors (Lipinski definition) is 4. The van der Waals surface area contributed by atoms with Crippen molar-refractivity contribution >= 4 is 21.6 Å². The fourth-order valence-corrected chi connectivity index (χ4v) is 4.26. The van der Waals surface area contributed by atoms with Crippen LogP contribution in [0.15, 0.2) is 54.6 Å². The number of rotatable bonds is 10. The molecule has 2 aromatic rings. The zero-order valence-corrected chi connectivity index (χ0v) is 17.3. The number of carbonyl (C=O) groups excluding carboxylic acids is 1. The summed E-state index contributed by atoms with van der Waals surface area (Å²) in [5.74, 6) is -0.572. The summed E-state index contributed by atoms with van der Waals surface area (Å²) in [6.45, 7) is 6.48. The molecule has 0 aliphatic carbocycles. The lowest BCUT2D eigenvalue weighted by atomic mass is 10.1. The minimum Gasteiger partial charge on any atom is -0.381 e. The lowest BCUT2D eigenvalue weighted by Crippen LogP contribution is -2.29. The maximum Gasteiger partial charge on any atom is 0.253 e. The van der Waals surface area contributed by atoms with Crippen LogP contribution in [0, 0.1) is 5.92 Å². The van der Waals surface area contributed by atoms with Crippen LogP contribution in [0.2, 0.25) is 0 Å². The molecule has 6 nitrogen and oxygen atoms in total.